The predicted octanol–water partition coefficient (Wildman–Crippen LogP) is 3.09. The van der Waals surface area contributed by atoms with Crippen molar-refractivity contribution >= 4 is 28.5 Å². The average Bonchev–Trinajstić information content (AvgIpc) is 2.38. The summed E-state index contributed by atoms with van der Waals surface area (Å²) in [5.41, 5.74) is 1.64. The van der Waals surface area contributed by atoms with Crippen LogP contribution in [-0.4, -0.2) is 22.1 Å². The van der Waals surface area contributed by atoms with Crippen LogP contribution in [0.4, 0.5) is 0 Å². The first kappa shape index (κ1) is 14.8. The summed E-state index contributed by atoms with van der Waals surface area (Å²) >= 11 is 6.15. The summed E-state index contributed by atoms with van der Waals surface area (Å²) in [6.07, 6.45) is 0. The van der Waals surface area contributed by atoms with E-state index in [9.17, 15) is 4.79 Å². The zero-order valence-electron chi connectivity index (χ0n) is 11.4. The van der Waals surface area contributed by atoms with Crippen LogP contribution in [0.25, 0.3) is 10.9 Å². The number of pyridine rings is 1. The molecule has 2 aromatic rings. The highest BCUT2D eigenvalue weighted by Crippen LogP contribution is 2.20. The molecule has 1 atom stereocenters. The minimum atomic E-state index is -0.857. The molecule has 0 aliphatic rings. The smallest absolute Gasteiger partial charge is 0.320 e. The molecule has 0 spiro atoms. The number of halogens is 1. The molecule has 0 unspecified atom stereocenters. The van der Waals surface area contributed by atoms with Crippen molar-refractivity contribution in [2.24, 2.45) is 5.92 Å². The van der Waals surface area contributed by atoms with Crippen LogP contribution in [0.3, 0.4) is 0 Å². The van der Waals surface area contributed by atoms with E-state index in [1.165, 1.54) is 0 Å². The van der Waals surface area contributed by atoms with Gasteiger partial charge >= 0.3 is 5.97 Å². The van der Waals surface area contributed by atoms with Gasteiger partial charge in [-0.05, 0) is 18.1 Å². The molecule has 20 heavy (non-hydrogen) atoms. The number of fused-ring (bicyclic) bond motifs is 1. The maximum absolute atomic E-state index is 11.1. The lowest BCUT2D eigenvalue weighted by Gasteiger charge is -2.18. The third-order valence-electron chi connectivity index (χ3n) is 3.20. The van der Waals surface area contributed by atoms with Crippen molar-refractivity contribution in [2.75, 3.05) is 0 Å². The summed E-state index contributed by atoms with van der Waals surface area (Å²) in [5, 5.41) is 13.6. The van der Waals surface area contributed by atoms with Crippen molar-refractivity contribution in [2.45, 2.75) is 26.4 Å². The number of nitrogens with one attached hydrogen (secondary N) is 1. The first-order valence-electron chi connectivity index (χ1n) is 6.49. The zero-order valence-corrected chi connectivity index (χ0v) is 12.2. The molecule has 5 heteroatoms. The lowest BCUT2D eigenvalue weighted by atomic mass is 10.0. The molecule has 0 amide bonds. The molecule has 0 fully saturated rings. The van der Waals surface area contributed by atoms with E-state index in [1.54, 1.807) is 0 Å². The molecule has 0 aliphatic carbocycles. The highest BCUT2D eigenvalue weighted by Gasteiger charge is 2.20. The Kier molecular flexibility index (Phi) is 4.57. The van der Waals surface area contributed by atoms with Gasteiger partial charge < -0.3 is 5.11 Å². The van der Waals surface area contributed by atoms with Crippen LogP contribution in [0.5, 0.6) is 0 Å². The third-order valence-corrected chi connectivity index (χ3v) is 3.52. The molecule has 4 nitrogen and oxygen atoms in total. The molecule has 106 valence electrons. The first-order chi connectivity index (χ1) is 9.49. The topological polar surface area (TPSA) is 62.2 Å². The van der Waals surface area contributed by atoms with E-state index < -0.39 is 12.0 Å². The van der Waals surface area contributed by atoms with Crippen molar-refractivity contribution in [3.05, 3.63) is 41.0 Å². The van der Waals surface area contributed by atoms with Crippen LogP contribution in [-0.2, 0) is 11.3 Å². The number of carboxylic acids is 1. The lowest BCUT2D eigenvalue weighted by molar-refractivity contribution is -0.140. The first-order valence-corrected chi connectivity index (χ1v) is 6.87. The van der Waals surface area contributed by atoms with Crippen LogP contribution in [0.2, 0.25) is 5.15 Å². The quantitative estimate of drug-likeness (QED) is 0.831. The second-order valence-electron chi connectivity index (χ2n) is 5.07. The lowest BCUT2D eigenvalue weighted by Crippen LogP contribution is -2.40. The summed E-state index contributed by atoms with van der Waals surface area (Å²) in [7, 11) is 0. The van der Waals surface area contributed by atoms with Crippen molar-refractivity contribution in [1.29, 1.82) is 0 Å². The van der Waals surface area contributed by atoms with Crippen LogP contribution >= 0.6 is 11.6 Å². The maximum atomic E-state index is 11.1. The summed E-state index contributed by atoms with van der Waals surface area (Å²) in [6.45, 7) is 4.11. The number of rotatable bonds is 5. The number of hydrogen-bond acceptors (Lipinski definition) is 3. The third kappa shape index (κ3) is 3.26. The van der Waals surface area contributed by atoms with Gasteiger partial charge in [-0.15, -0.1) is 0 Å². The van der Waals surface area contributed by atoms with Crippen LogP contribution in [0.15, 0.2) is 30.3 Å². The standard InChI is InChI=1S/C15H17ClN2O2/c1-9(2)13(15(19)20)17-8-11-7-10-5-3-4-6-12(10)18-14(11)16/h3-7,9,13,17H,8H2,1-2H3,(H,19,20)/t13-/m1/s1. The number of carbonyl (C=O) groups is 1. The second kappa shape index (κ2) is 6.20. The summed E-state index contributed by atoms with van der Waals surface area (Å²) in [6, 6.07) is 9.03. The molecule has 0 bridgehead atoms. The molecule has 2 N–H and O–H groups in total. The predicted molar refractivity (Wildman–Crippen MR) is 79.9 cm³/mol. The fourth-order valence-electron chi connectivity index (χ4n) is 2.09. The molecule has 1 aromatic carbocycles. The largest absolute Gasteiger partial charge is 0.480 e. The van der Waals surface area contributed by atoms with E-state index in [-0.39, 0.29) is 5.92 Å². The van der Waals surface area contributed by atoms with E-state index in [0.717, 1.165) is 16.5 Å². The highest BCUT2D eigenvalue weighted by molar-refractivity contribution is 6.30. The normalized spacial score (nSPS) is 12.8. The zero-order chi connectivity index (χ0) is 14.7. The minimum Gasteiger partial charge on any atom is -0.480 e. The van der Waals surface area contributed by atoms with E-state index in [4.69, 9.17) is 16.7 Å². The van der Waals surface area contributed by atoms with Crippen molar-refractivity contribution in [3.8, 4) is 0 Å². The molecule has 0 saturated heterocycles. The van der Waals surface area contributed by atoms with E-state index >= 15 is 0 Å². The Morgan fingerprint density at radius 3 is 2.75 bits per heavy atom. The number of aliphatic carboxylic acids is 1. The number of benzene rings is 1. The number of para-hydroxylation sites is 1. The highest BCUT2D eigenvalue weighted by atomic mass is 35.5. The molecule has 1 heterocycles. The Morgan fingerprint density at radius 2 is 2.10 bits per heavy atom. The van der Waals surface area contributed by atoms with Gasteiger partial charge in [-0.25, -0.2) is 4.98 Å². The van der Waals surface area contributed by atoms with Crippen molar-refractivity contribution in [1.82, 2.24) is 10.3 Å². The van der Waals surface area contributed by atoms with Crippen molar-refractivity contribution < 1.29 is 9.90 Å². The minimum absolute atomic E-state index is 0.000286. The molecule has 0 radical (unpaired) electrons. The van der Waals surface area contributed by atoms with Crippen LogP contribution in [0, 0.1) is 5.92 Å². The Hall–Kier alpha value is -1.65. The summed E-state index contributed by atoms with van der Waals surface area (Å²) in [5.74, 6) is -0.857. The van der Waals surface area contributed by atoms with Crippen LogP contribution < -0.4 is 5.32 Å². The average molecular weight is 293 g/mol. The van der Waals surface area contributed by atoms with Gasteiger partial charge in [0.1, 0.15) is 11.2 Å². The Morgan fingerprint density at radius 1 is 1.40 bits per heavy atom. The maximum Gasteiger partial charge on any atom is 0.320 e. The van der Waals surface area contributed by atoms with Crippen molar-refractivity contribution in [3.63, 3.8) is 0 Å². The Labute approximate surface area is 122 Å². The molecular weight excluding hydrogens is 276 g/mol. The van der Waals surface area contributed by atoms with E-state index in [0.29, 0.717) is 11.7 Å². The number of carboxylic acid groups (broad SMARTS) is 1. The van der Waals surface area contributed by atoms with E-state index in [2.05, 4.69) is 10.3 Å². The van der Waals surface area contributed by atoms with Gasteiger partial charge in [0.25, 0.3) is 0 Å². The number of aromatic nitrogens is 1. The molecular formula is C15H17ClN2O2. The van der Waals surface area contributed by atoms with E-state index in [1.807, 2.05) is 44.2 Å². The van der Waals surface area contributed by atoms with Gasteiger partial charge in [-0.2, -0.15) is 0 Å². The molecule has 1 aromatic heterocycles. The second-order valence-corrected chi connectivity index (χ2v) is 5.43. The van der Waals surface area contributed by atoms with Crippen LogP contribution in [0.1, 0.15) is 19.4 Å². The van der Waals surface area contributed by atoms with Gasteiger partial charge in [0, 0.05) is 17.5 Å². The number of hydrogen-bond donors (Lipinski definition) is 2. The molecule has 2 rings (SSSR count). The Bertz CT molecular complexity index is 628. The SMILES string of the molecule is CC(C)[C@@H](NCc1cc2ccccc2nc1Cl)C(=O)O. The Balaban J connectivity index is 2.21. The fraction of sp³-hybridized carbons (Fsp3) is 0.333. The van der Waals surface area contributed by atoms with Gasteiger partial charge in [0.05, 0.1) is 5.52 Å². The van der Waals surface area contributed by atoms with Gasteiger partial charge in [0.2, 0.25) is 0 Å². The molecule has 0 saturated carbocycles. The summed E-state index contributed by atoms with van der Waals surface area (Å²) in [4.78, 5) is 15.5. The molecule has 0 aliphatic heterocycles. The monoisotopic (exact) mass is 292 g/mol. The van der Waals surface area contributed by atoms with Gasteiger partial charge in [-0.1, -0.05) is 43.6 Å². The van der Waals surface area contributed by atoms with Gasteiger partial charge in [0.15, 0.2) is 0 Å². The number of nitrogens with zero attached hydrogens (tertiary/aromatic N) is 1. The fourth-order valence-corrected chi connectivity index (χ4v) is 2.30. The van der Waals surface area contributed by atoms with Gasteiger partial charge in [-0.3, -0.25) is 10.1 Å². The summed E-state index contributed by atoms with van der Waals surface area (Å²) < 4.78 is 0.